The fraction of sp³-hybridized carbons (Fsp3) is 0.227. The van der Waals surface area contributed by atoms with Crippen molar-refractivity contribution in [1.29, 1.82) is 0 Å². The van der Waals surface area contributed by atoms with Crippen molar-refractivity contribution in [3.63, 3.8) is 0 Å². The van der Waals surface area contributed by atoms with Crippen LogP contribution in [0.4, 0.5) is 0 Å². The molecule has 3 aromatic heterocycles. The first-order chi connectivity index (χ1) is 15.4. The lowest BCUT2D eigenvalue weighted by Gasteiger charge is -2.34. The monoisotopic (exact) mass is 467 g/mol. The molecule has 4 heterocycles. The number of carbonyl (C=O) groups excluding carboxylic acids is 1. The zero-order chi connectivity index (χ0) is 22.3. The zero-order valence-electron chi connectivity index (χ0n) is 17.4. The number of nitrogens with zero attached hydrogens (tertiary/aromatic N) is 5. The lowest BCUT2D eigenvalue weighted by atomic mass is 10.0. The Balaban J connectivity index is 1.43. The highest BCUT2D eigenvalue weighted by Crippen LogP contribution is 2.27. The topological polar surface area (TPSA) is 88.4 Å². The van der Waals surface area contributed by atoms with Crippen LogP contribution < -0.4 is 0 Å². The van der Waals surface area contributed by atoms with Crippen molar-refractivity contribution in [3.8, 4) is 11.3 Å². The Hall–Kier alpha value is -3.08. The fourth-order valence-electron chi connectivity index (χ4n) is 3.89. The normalized spacial score (nSPS) is 15.3. The molecule has 8 nitrogen and oxygen atoms in total. The molecule has 0 atom stereocenters. The van der Waals surface area contributed by atoms with Crippen molar-refractivity contribution < 1.29 is 13.2 Å². The average Bonchev–Trinajstić information content (AvgIpc) is 3.50. The minimum atomic E-state index is -3.51. The van der Waals surface area contributed by atoms with Gasteiger partial charge < -0.3 is 4.90 Å². The molecule has 1 aromatic carbocycles. The van der Waals surface area contributed by atoms with Crippen molar-refractivity contribution in [2.45, 2.75) is 4.21 Å². The van der Waals surface area contributed by atoms with Crippen molar-refractivity contribution in [1.82, 2.24) is 24.0 Å². The van der Waals surface area contributed by atoms with Gasteiger partial charge in [-0.3, -0.25) is 9.48 Å². The summed E-state index contributed by atoms with van der Waals surface area (Å²) in [6.45, 7) is 1.21. The second kappa shape index (κ2) is 8.12. The average molecular weight is 468 g/mol. The van der Waals surface area contributed by atoms with E-state index in [1.54, 1.807) is 39.4 Å². The molecule has 1 amide bonds. The van der Waals surface area contributed by atoms with E-state index in [1.807, 2.05) is 37.5 Å². The summed E-state index contributed by atoms with van der Waals surface area (Å²) < 4.78 is 29.1. The molecule has 0 bridgehead atoms. The van der Waals surface area contributed by atoms with Crippen LogP contribution in [0.3, 0.4) is 0 Å². The van der Waals surface area contributed by atoms with Gasteiger partial charge in [-0.25, -0.2) is 13.4 Å². The van der Waals surface area contributed by atoms with E-state index < -0.39 is 10.0 Å². The number of aromatic nitrogens is 3. The summed E-state index contributed by atoms with van der Waals surface area (Å²) in [6, 6.07) is 12.7. The number of rotatable bonds is 4. The first-order valence-corrected chi connectivity index (χ1v) is 12.5. The van der Waals surface area contributed by atoms with Gasteiger partial charge in [0.15, 0.2) is 0 Å². The molecule has 0 unspecified atom stereocenters. The molecule has 1 fully saturated rings. The van der Waals surface area contributed by atoms with Crippen LogP contribution in [0.15, 0.2) is 64.4 Å². The number of pyridine rings is 1. The van der Waals surface area contributed by atoms with Gasteiger partial charge in [-0.1, -0.05) is 24.3 Å². The number of thiophene rings is 1. The highest BCUT2D eigenvalue weighted by molar-refractivity contribution is 7.91. The van der Waals surface area contributed by atoms with Crippen LogP contribution in [0.25, 0.3) is 22.2 Å². The maximum Gasteiger partial charge on any atom is 0.254 e. The van der Waals surface area contributed by atoms with Gasteiger partial charge in [0.1, 0.15) is 4.21 Å². The summed E-state index contributed by atoms with van der Waals surface area (Å²) in [5.74, 6) is -0.123. The predicted molar refractivity (Wildman–Crippen MR) is 123 cm³/mol. The Morgan fingerprint density at radius 2 is 1.84 bits per heavy atom. The largest absolute Gasteiger partial charge is 0.336 e. The van der Waals surface area contributed by atoms with Crippen LogP contribution in [-0.4, -0.2) is 64.5 Å². The first kappa shape index (κ1) is 20.8. The number of carbonyl (C=O) groups is 1. The number of para-hydroxylation sites is 1. The van der Waals surface area contributed by atoms with Gasteiger partial charge in [0, 0.05) is 50.4 Å². The molecule has 4 aromatic rings. The number of amides is 1. The van der Waals surface area contributed by atoms with Gasteiger partial charge in [-0.2, -0.15) is 9.40 Å². The highest BCUT2D eigenvalue weighted by Gasteiger charge is 2.31. The summed E-state index contributed by atoms with van der Waals surface area (Å²) in [7, 11) is -1.68. The smallest absolute Gasteiger partial charge is 0.254 e. The molecule has 1 aliphatic heterocycles. The molecule has 1 aliphatic rings. The molecule has 164 valence electrons. The Morgan fingerprint density at radius 1 is 1.06 bits per heavy atom. The second-order valence-corrected chi connectivity index (χ2v) is 10.7. The molecule has 0 saturated carbocycles. The molecular formula is C22H21N5O3S2. The van der Waals surface area contributed by atoms with Gasteiger partial charge in [0.2, 0.25) is 0 Å². The van der Waals surface area contributed by atoms with Crippen LogP contribution in [0.1, 0.15) is 10.4 Å². The lowest BCUT2D eigenvalue weighted by Crippen LogP contribution is -2.50. The minimum absolute atomic E-state index is 0.123. The number of fused-ring (bicyclic) bond motifs is 1. The third-order valence-corrected chi connectivity index (χ3v) is 8.83. The van der Waals surface area contributed by atoms with E-state index in [1.165, 1.54) is 15.6 Å². The maximum atomic E-state index is 13.5. The Labute approximate surface area is 189 Å². The molecule has 0 aliphatic carbocycles. The van der Waals surface area contributed by atoms with Gasteiger partial charge in [0.25, 0.3) is 15.9 Å². The third-order valence-electron chi connectivity index (χ3n) is 5.56. The molecule has 0 radical (unpaired) electrons. The quantitative estimate of drug-likeness (QED) is 0.461. The van der Waals surface area contributed by atoms with Gasteiger partial charge in [-0.15, -0.1) is 11.3 Å². The number of hydrogen-bond donors (Lipinski definition) is 0. The van der Waals surface area contributed by atoms with Gasteiger partial charge >= 0.3 is 0 Å². The van der Waals surface area contributed by atoms with Crippen LogP contribution in [0.2, 0.25) is 0 Å². The summed E-state index contributed by atoms with van der Waals surface area (Å²) in [5.41, 5.74) is 2.80. The van der Waals surface area contributed by atoms with Crippen molar-refractivity contribution in [3.05, 3.63) is 65.8 Å². The third kappa shape index (κ3) is 3.70. The van der Waals surface area contributed by atoms with Gasteiger partial charge in [-0.05, 0) is 23.6 Å². The lowest BCUT2D eigenvalue weighted by molar-refractivity contribution is 0.0700. The molecule has 0 spiro atoms. The van der Waals surface area contributed by atoms with E-state index in [4.69, 9.17) is 4.98 Å². The highest BCUT2D eigenvalue weighted by atomic mass is 32.2. The van der Waals surface area contributed by atoms with E-state index in [2.05, 4.69) is 5.10 Å². The number of hydrogen-bond acceptors (Lipinski definition) is 6. The van der Waals surface area contributed by atoms with Crippen LogP contribution in [0, 0.1) is 0 Å². The Morgan fingerprint density at radius 3 is 2.53 bits per heavy atom. The minimum Gasteiger partial charge on any atom is -0.336 e. The Bertz CT molecular complexity index is 1390. The van der Waals surface area contributed by atoms with Crippen molar-refractivity contribution in [2.24, 2.45) is 7.05 Å². The first-order valence-electron chi connectivity index (χ1n) is 10.2. The van der Waals surface area contributed by atoms with Crippen LogP contribution in [-0.2, 0) is 17.1 Å². The molecule has 32 heavy (non-hydrogen) atoms. The summed E-state index contributed by atoms with van der Waals surface area (Å²) in [4.78, 5) is 19.9. The SMILES string of the molecule is Cn1cc(-c2cc(C(=O)N3CCN(S(=O)(=O)c4cccs4)CC3)c3ccccc3n2)cn1. The molecule has 5 rings (SSSR count). The second-order valence-electron chi connectivity index (χ2n) is 7.60. The molecule has 0 N–H and O–H groups in total. The summed E-state index contributed by atoms with van der Waals surface area (Å²) in [5, 5.41) is 6.74. The molecule has 10 heteroatoms. The maximum absolute atomic E-state index is 13.5. The number of aryl methyl sites for hydroxylation is 1. The zero-order valence-corrected chi connectivity index (χ0v) is 19.0. The van der Waals surface area contributed by atoms with E-state index >= 15 is 0 Å². The predicted octanol–water partition coefficient (Wildman–Crippen LogP) is 2.84. The van der Waals surface area contributed by atoms with Crippen LogP contribution >= 0.6 is 11.3 Å². The summed E-state index contributed by atoms with van der Waals surface area (Å²) >= 11 is 1.21. The van der Waals surface area contributed by atoms with Crippen molar-refractivity contribution >= 4 is 38.2 Å². The van der Waals surface area contributed by atoms with Crippen molar-refractivity contribution in [2.75, 3.05) is 26.2 Å². The van der Waals surface area contributed by atoms with E-state index in [0.29, 0.717) is 28.6 Å². The molecule has 1 saturated heterocycles. The van der Waals surface area contributed by atoms with Crippen LogP contribution in [0.5, 0.6) is 0 Å². The van der Waals surface area contributed by atoms with E-state index in [9.17, 15) is 13.2 Å². The van der Waals surface area contributed by atoms with Gasteiger partial charge in [0.05, 0.1) is 23.0 Å². The standard InChI is InChI=1S/C22H21N5O3S2/c1-25-15-16(14-23-25)20-13-18(17-5-2-3-6-19(17)24-20)22(28)26-8-10-27(11-9-26)32(29,30)21-7-4-12-31-21/h2-7,12-15H,8-11H2,1H3. The van der Waals surface area contributed by atoms with E-state index in [0.717, 1.165) is 16.5 Å². The number of benzene rings is 1. The number of piperazine rings is 1. The Kier molecular flexibility index (Phi) is 5.28. The fourth-order valence-corrected chi connectivity index (χ4v) is 6.46. The number of sulfonamides is 1. The molecular weight excluding hydrogens is 446 g/mol. The van der Waals surface area contributed by atoms with E-state index in [-0.39, 0.29) is 19.0 Å². The summed E-state index contributed by atoms with van der Waals surface area (Å²) in [6.07, 6.45) is 3.58.